The fourth-order valence-electron chi connectivity index (χ4n) is 1.05. The van der Waals surface area contributed by atoms with Gasteiger partial charge in [0.2, 0.25) is 0 Å². The number of rotatable bonds is 2. The van der Waals surface area contributed by atoms with Gasteiger partial charge in [0, 0.05) is 6.42 Å². The molecular weight excluding hydrogens is 171 g/mol. The average molecular weight is 177 g/mol. The maximum atomic E-state index is 13.1. The van der Waals surface area contributed by atoms with Gasteiger partial charge in [-0.25, -0.2) is 4.39 Å². The van der Waals surface area contributed by atoms with Crippen LogP contribution in [0.4, 0.5) is 4.39 Å². The van der Waals surface area contributed by atoms with Gasteiger partial charge in [0.1, 0.15) is 5.82 Å². The fourth-order valence-corrected chi connectivity index (χ4v) is 1.05. The topological polar surface area (TPSA) is 38.9 Å². The lowest BCUT2D eigenvalue weighted by atomic mass is 10.1. The van der Waals surface area contributed by atoms with Crippen LogP contribution in [0.1, 0.15) is 11.4 Å². The number of aromatic nitrogens is 2. The summed E-state index contributed by atoms with van der Waals surface area (Å²) in [6, 6.07) is 6.49. The molecule has 0 aliphatic carbocycles. The van der Waals surface area contributed by atoms with Crippen molar-refractivity contribution in [2.24, 2.45) is 0 Å². The van der Waals surface area contributed by atoms with E-state index in [1.165, 1.54) is 6.07 Å². The predicted octanol–water partition coefficient (Wildman–Crippen LogP) is 1.60. The molecule has 13 heavy (non-hydrogen) atoms. The average Bonchev–Trinajstić information content (AvgIpc) is 2.61. The molecule has 0 N–H and O–H groups in total. The first-order valence-electron chi connectivity index (χ1n) is 3.78. The van der Waals surface area contributed by atoms with Crippen LogP contribution in [-0.2, 0) is 6.42 Å². The Morgan fingerprint density at radius 3 is 2.92 bits per heavy atom. The van der Waals surface area contributed by atoms with Crippen LogP contribution < -0.4 is 0 Å². The Bertz CT molecular complexity index is 386. The summed E-state index contributed by atoms with van der Waals surface area (Å²) in [4.78, 5) is 3.68. The summed E-state index contributed by atoms with van der Waals surface area (Å²) in [6.07, 6.45) is 2.54. The molecule has 1 heterocycles. The normalized spacial score (nSPS) is 10.2. The SMILES string of the molecule is Fc1ccccc1Cc1n[c]on1. The van der Waals surface area contributed by atoms with Crippen LogP contribution in [0.2, 0.25) is 0 Å². The van der Waals surface area contributed by atoms with Crippen LogP contribution in [0, 0.1) is 12.2 Å². The van der Waals surface area contributed by atoms with Gasteiger partial charge in [-0.3, -0.25) is 0 Å². The van der Waals surface area contributed by atoms with Gasteiger partial charge in [-0.2, -0.15) is 4.98 Å². The highest BCUT2D eigenvalue weighted by Gasteiger charge is 2.04. The Balaban J connectivity index is 2.24. The molecule has 1 aromatic heterocycles. The Kier molecular flexibility index (Phi) is 2.04. The van der Waals surface area contributed by atoms with Gasteiger partial charge in [-0.05, 0) is 11.6 Å². The molecule has 0 saturated carbocycles. The molecule has 0 fully saturated rings. The molecule has 2 aromatic rings. The molecule has 0 aliphatic heterocycles. The first-order valence-corrected chi connectivity index (χ1v) is 3.78. The summed E-state index contributed by atoms with van der Waals surface area (Å²) in [7, 11) is 0. The number of halogens is 1. The Morgan fingerprint density at radius 2 is 2.23 bits per heavy atom. The summed E-state index contributed by atoms with van der Waals surface area (Å²) in [5, 5.41) is 3.54. The third kappa shape index (κ3) is 1.72. The lowest BCUT2D eigenvalue weighted by Crippen LogP contribution is -1.93. The van der Waals surface area contributed by atoms with Crippen molar-refractivity contribution in [3.63, 3.8) is 0 Å². The molecule has 0 saturated heterocycles. The molecule has 65 valence electrons. The van der Waals surface area contributed by atoms with E-state index in [4.69, 9.17) is 0 Å². The second-order valence-corrected chi connectivity index (χ2v) is 2.57. The van der Waals surface area contributed by atoms with E-state index in [0.717, 1.165) is 0 Å². The standard InChI is InChI=1S/C9H6FN2O/c10-8-4-2-1-3-7(8)5-9-11-6-13-12-9/h1-4H,5H2. The second-order valence-electron chi connectivity index (χ2n) is 2.57. The Labute approximate surface area is 74.2 Å². The van der Waals surface area contributed by atoms with Crippen LogP contribution in [-0.4, -0.2) is 10.1 Å². The van der Waals surface area contributed by atoms with E-state index < -0.39 is 0 Å². The highest BCUT2D eigenvalue weighted by molar-refractivity contribution is 5.20. The third-order valence-electron chi connectivity index (χ3n) is 1.67. The van der Waals surface area contributed by atoms with Crippen molar-refractivity contribution in [1.29, 1.82) is 0 Å². The molecule has 0 aliphatic rings. The Morgan fingerprint density at radius 1 is 1.38 bits per heavy atom. The molecule has 0 atom stereocenters. The van der Waals surface area contributed by atoms with Crippen molar-refractivity contribution >= 4 is 0 Å². The summed E-state index contributed by atoms with van der Waals surface area (Å²) in [5.74, 6) is 0.178. The van der Waals surface area contributed by atoms with Crippen LogP contribution in [0.15, 0.2) is 28.8 Å². The number of nitrogens with zero attached hydrogens (tertiary/aromatic N) is 2. The summed E-state index contributed by atoms with van der Waals surface area (Å²) in [6.45, 7) is 0. The van der Waals surface area contributed by atoms with Crippen LogP contribution in [0.5, 0.6) is 0 Å². The smallest absolute Gasteiger partial charge is 0.316 e. The second kappa shape index (κ2) is 3.35. The molecule has 3 nitrogen and oxygen atoms in total. The number of hydrogen-bond donors (Lipinski definition) is 0. The van der Waals surface area contributed by atoms with Gasteiger partial charge in [-0.15, -0.1) is 0 Å². The highest BCUT2D eigenvalue weighted by atomic mass is 19.1. The van der Waals surface area contributed by atoms with Gasteiger partial charge >= 0.3 is 6.39 Å². The monoisotopic (exact) mass is 177 g/mol. The zero-order chi connectivity index (χ0) is 9.10. The molecule has 1 radical (unpaired) electrons. The van der Waals surface area contributed by atoms with Gasteiger partial charge in [0.05, 0.1) is 0 Å². The maximum Gasteiger partial charge on any atom is 0.316 e. The van der Waals surface area contributed by atoms with Gasteiger partial charge in [0.15, 0.2) is 5.82 Å². The number of hydrogen-bond acceptors (Lipinski definition) is 3. The first-order chi connectivity index (χ1) is 6.36. The largest absolute Gasteiger partial charge is 0.329 e. The van der Waals surface area contributed by atoms with Crippen molar-refractivity contribution in [2.75, 3.05) is 0 Å². The molecule has 0 spiro atoms. The summed E-state index contributed by atoms with van der Waals surface area (Å²) in [5.41, 5.74) is 0.553. The van der Waals surface area contributed by atoms with Crippen LogP contribution in [0.25, 0.3) is 0 Å². The van der Waals surface area contributed by atoms with Crippen molar-refractivity contribution in [1.82, 2.24) is 10.1 Å². The predicted molar refractivity (Wildman–Crippen MR) is 42.3 cm³/mol. The van der Waals surface area contributed by atoms with Crippen LogP contribution in [0.3, 0.4) is 0 Å². The fraction of sp³-hybridized carbons (Fsp3) is 0.111. The van der Waals surface area contributed by atoms with E-state index in [1.807, 2.05) is 0 Å². The van der Waals surface area contributed by atoms with E-state index in [9.17, 15) is 4.39 Å². The van der Waals surface area contributed by atoms with Crippen molar-refractivity contribution < 1.29 is 8.91 Å². The molecular formula is C9H6FN2O. The molecule has 0 amide bonds. The van der Waals surface area contributed by atoms with E-state index >= 15 is 0 Å². The van der Waals surface area contributed by atoms with Crippen molar-refractivity contribution in [3.05, 3.63) is 47.9 Å². The van der Waals surface area contributed by atoms with E-state index in [-0.39, 0.29) is 5.82 Å². The van der Waals surface area contributed by atoms with Crippen molar-refractivity contribution in [3.8, 4) is 0 Å². The van der Waals surface area contributed by atoms with Gasteiger partial charge in [-0.1, -0.05) is 23.4 Å². The lowest BCUT2D eigenvalue weighted by molar-refractivity contribution is 0.404. The molecule has 2 rings (SSSR count). The summed E-state index contributed by atoms with van der Waals surface area (Å²) >= 11 is 0. The molecule has 4 heteroatoms. The Hall–Kier alpha value is -1.71. The minimum absolute atomic E-state index is 0.257. The van der Waals surface area contributed by atoms with E-state index in [0.29, 0.717) is 17.8 Å². The highest BCUT2D eigenvalue weighted by Crippen LogP contribution is 2.09. The molecule has 1 aromatic carbocycles. The van der Waals surface area contributed by atoms with Gasteiger partial charge in [0.25, 0.3) is 0 Å². The molecule has 0 bridgehead atoms. The minimum atomic E-state index is -0.257. The zero-order valence-corrected chi connectivity index (χ0v) is 6.70. The minimum Gasteiger partial charge on any atom is -0.329 e. The van der Waals surface area contributed by atoms with Crippen molar-refractivity contribution in [2.45, 2.75) is 6.42 Å². The molecule has 0 unspecified atom stereocenters. The summed E-state index contributed by atoms with van der Waals surface area (Å²) < 4.78 is 17.5. The first kappa shape index (κ1) is 7.91. The quantitative estimate of drug-likeness (QED) is 0.699. The third-order valence-corrected chi connectivity index (χ3v) is 1.67. The van der Waals surface area contributed by atoms with Gasteiger partial charge < -0.3 is 4.52 Å². The van der Waals surface area contributed by atoms with E-state index in [1.54, 1.807) is 18.2 Å². The van der Waals surface area contributed by atoms with Crippen LogP contribution >= 0.6 is 0 Å². The maximum absolute atomic E-state index is 13.1. The van der Waals surface area contributed by atoms with E-state index in [2.05, 4.69) is 21.1 Å². The zero-order valence-electron chi connectivity index (χ0n) is 6.70. The number of benzene rings is 1. The lowest BCUT2D eigenvalue weighted by Gasteiger charge is -1.97.